The van der Waals surface area contributed by atoms with Gasteiger partial charge in [-0.3, -0.25) is 13.9 Å². The zero-order valence-electron chi connectivity index (χ0n) is 25.9. The van der Waals surface area contributed by atoms with Crippen LogP contribution in [0.2, 0.25) is 10.0 Å². The zero-order chi connectivity index (χ0) is 33.6. The highest BCUT2D eigenvalue weighted by atomic mass is 79.9. The van der Waals surface area contributed by atoms with Crippen molar-refractivity contribution in [1.29, 1.82) is 0 Å². The summed E-state index contributed by atoms with van der Waals surface area (Å²) in [5.41, 5.74) is 2.73. The molecule has 4 aromatic rings. The number of nitrogens with zero attached hydrogens (tertiary/aromatic N) is 2. The third kappa shape index (κ3) is 8.96. The molecule has 47 heavy (non-hydrogen) atoms. The van der Waals surface area contributed by atoms with E-state index < -0.39 is 28.5 Å². The second-order valence-corrected chi connectivity index (χ2v) is 15.4. The summed E-state index contributed by atoms with van der Waals surface area (Å²) in [6.45, 7) is 1.34. The van der Waals surface area contributed by atoms with E-state index in [9.17, 15) is 18.0 Å². The highest BCUT2D eigenvalue weighted by Gasteiger charge is 2.35. The van der Waals surface area contributed by atoms with Crippen molar-refractivity contribution in [1.82, 2.24) is 10.2 Å². The number of benzene rings is 4. The van der Waals surface area contributed by atoms with Gasteiger partial charge in [0.25, 0.3) is 10.0 Å². The fourth-order valence-corrected chi connectivity index (χ4v) is 7.73. The molecule has 2 amide bonds. The van der Waals surface area contributed by atoms with Crippen LogP contribution in [0, 0.1) is 6.92 Å². The van der Waals surface area contributed by atoms with Gasteiger partial charge in [0.1, 0.15) is 12.6 Å². The SMILES string of the molecule is Cc1ccc(S(=O)(=O)N(CC(=O)N(Cc2ccc(Cl)c(Cl)c2)[C@H](Cc2ccccc2)C(=O)NC2CCCC2)c2ccc(Br)cc2)cc1. The number of carbonyl (C=O) groups is 2. The maximum atomic E-state index is 14.6. The van der Waals surface area contributed by atoms with E-state index in [0.717, 1.165) is 45.6 Å². The highest BCUT2D eigenvalue weighted by Crippen LogP contribution is 2.28. The predicted molar refractivity (Wildman–Crippen MR) is 191 cm³/mol. The molecule has 0 heterocycles. The van der Waals surface area contributed by atoms with Gasteiger partial charge in [0.05, 0.1) is 20.6 Å². The lowest BCUT2D eigenvalue weighted by atomic mass is 10.0. The zero-order valence-corrected chi connectivity index (χ0v) is 29.8. The molecular formula is C36H36BrCl2N3O4S. The largest absolute Gasteiger partial charge is 0.352 e. The summed E-state index contributed by atoms with van der Waals surface area (Å²) in [4.78, 5) is 30.3. The van der Waals surface area contributed by atoms with Crippen LogP contribution in [-0.4, -0.2) is 43.8 Å². The van der Waals surface area contributed by atoms with Crippen LogP contribution >= 0.6 is 39.1 Å². The third-order valence-electron chi connectivity index (χ3n) is 8.31. The van der Waals surface area contributed by atoms with Crippen molar-refractivity contribution in [2.45, 2.75) is 62.6 Å². The van der Waals surface area contributed by atoms with Gasteiger partial charge in [0, 0.05) is 23.5 Å². The minimum absolute atomic E-state index is 0.00403. The summed E-state index contributed by atoms with van der Waals surface area (Å²) < 4.78 is 30.2. The Morgan fingerprint density at radius 2 is 1.53 bits per heavy atom. The second-order valence-electron chi connectivity index (χ2n) is 11.8. The molecule has 4 aromatic carbocycles. The average Bonchev–Trinajstić information content (AvgIpc) is 3.57. The van der Waals surface area contributed by atoms with Crippen LogP contribution in [0.4, 0.5) is 5.69 Å². The lowest BCUT2D eigenvalue weighted by molar-refractivity contribution is -0.140. The number of sulfonamides is 1. The van der Waals surface area contributed by atoms with Gasteiger partial charge in [-0.25, -0.2) is 8.42 Å². The number of hydrogen-bond acceptors (Lipinski definition) is 4. The summed E-state index contributed by atoms with van der Waals surface area (Å²) in [5.74, 6) is -0.831. The Morgan fingerprint density at radius 1 is 0.872 bits per heavy atom. The number of hydrogen-bond donors (Lipinski definition) is 1. The van der Waals surface area contributed by atoms with Crippen LogP contribution in [-0.2, 0) is 32.6 Å². The molecule has 5 rings (SSSR count). The first-order valence-corrected chi connectivity index (χ1v) is 18.4. The Kier molecular flexibility index (Phi) is 11.7. The van der Waals surface area contributed by atoms with Crippen molar-refractivity contribution < 1.29 is 18.0 Å². The molecule has 0 unspecified atom stereocenters. The fourth-order valence-electron chi connectivity index (χ4n) is 5.73. The highest BCUT2D eigenvalue weighted by molar-refractivity contribution is 9.10. The van der Waals surface area contributed by atoms with E-state index >= 15 is 0 Å². The topological polar surface area (TPSA) is 86.8 Å². The number of rotatable bonds is 12. The van der Waals surface area contributed by atoms with E-state index in [2.05, 4.69) is 21.2 Å². The quantitative estimate of drug-likeness (QED) is 0.159. The molecule has 7 nitrogen and oxygen atoms in total. The molecule has 0 bridgehead atoms. The Balaban J connectivity index is 1.57. The van der Waals surface area contributed by atoms with Gasteiger partial charge < -0.3 is 10.2 Å². The molecule has 0 spiro atoms. The predicted octanol–water partition coefficient (Wildman–Crippen LogP) is 7.96. The molecule has 1 fully saturated rings. The summed E-state index contributed by atoms with van der Waals surface area (Å²) in [6, 6.07) is 26.8. The van der Waals surface area contributed by atoms with Crippen molar-refractivity contribution in [2.75, 3.05) is 10.8 Å². The third-order valence-corrected chi connectivity index (χ3v) is 11.4. The first-order valence-electron chi connectivity index (χ1n) is 15.4. The molecular weight excluding hydrogens is 721 g/mol. The number of nitrogens with one attached hydrogen (secondary N) is 1. The van der Waals surface area contributed by atoms with E-state index in [1.54, 1.807) is 54.6 Å². The van der Waals surface area contributed by atoms with Gasteiger partial charge in [-0.15, -0.1) is 0 Å². The molecule has 0 aromatic heterocycles. The van der Waals surface area contributed by atoms with E-state index in [1.165, 1.54) is 17.0 Å². The van der Waals surface area contributed by atoms with Crippen LogP contribution in [0.25, 0.3) is 0 Å². The molecule has 1 aliphatic carbocycles. The Bertz CT molecular complexity index is 1800. The van der Waals surface area contributed by atoms with Gasteiger partial charge in [-0.05, 0) is 79.4 Å². The molecule has 1 atom stereocenters. The summed E-state index contributed by atoms with van der Waals surface area (Å²) in [5, 5.41) is 3.85. The molecule has 1 saturated carbocycles. The van der Waals surface area contributed by atoms with Crippen molar-refractivity contribution in [3.8, 4) is 0 Å². The van der Waals surface area contributed by atoms with Crippen molar-refractivity contribution in [3.05, 3.63) is 128 Å². The van der Waals surface area contributed by atoms with Crippen LogP contribution < -0.4 is 9.62 Å². The van der Waals surface area contributed by atoms with Crippen molar-refractivity contribution >= 4 is 66.7 Å². The molecule has 1 N–H and O–H groups in total. The van der Waals surface area contributed by atoms with Gasteiger partial charge in [-0.1, -0.05) is 106 Å². The number of carbonyl (C=O) groups excluding carboxylic acids is 2. The number of aryl methyl sites for hydroxylation is 1. The molecule has 0 aliphatic heterocycles. The summed E-state index contributed by atoms with van der Waals surface area (Å²) in [6.07, 6.45) is 4.03. The van der Waals surface area contributed by atoms with E-state index in [4.69, 9.17) is 23.2 Å². The van der Waals surface area contributed by atoms with Gasteiger partial charge in [0.2, 0.25) is 11.8 Å². The van der Waals surface area contributed by atoms with Crippen LogP contribution in [0.1, 0.15) is 42.4 Å². The lowest BCUT2D eigenvalue weighted by Crippen LogP contribution is -2.54. The normalized spacial score (nSPS) is 14.0. The maximum absolute atomic E-state index is 14.6. The molecule has 246 valence electrons. The Labute approximate surface area is 295 Å². The number of amides is 2. The van der Waals surface area contributed by atoms with Crippen molar-refractivity contribution in [3.63, 3.8) is 0 Å². The average molecular weight is 758 g/mol. The monoisotopic (exact) mass is 755 g/mol. The molecule has 0 saturated heterocycles. The number of halogens is 3. The van der Waals surface area contributed by atoms with E-state index in [0.29, 0.717) is 21.3 Å². The Hall–Kier alpha value is -3.37. The van der Waals surface area contributed by atoms with E-state index in [1.807, 2.05) is 37.3 Å². The second kappa shape index (κ2) is 15.7. The molecule has 1 aliphatic rings. The summed E-state index contributed by atoms with van der Waals surface area (Å²) >= 11 is 16.0. The first kappa shape index (κ1) is 35.0. The molecule has 0 radical (unpaired) electrons. The molecule has 11 heteroatoms. The van der Waals surface area contributed by atoms with Gasteiger partial charge in [-0.2, -0.15) is 0 Å². The number of anilines is 1. The minimum Gasteiger partial charge on any atom is -0.352 e. The van der Waals surface area contributed by atoms with Crippen LogP contribution in [0.3, 0.4) is 0 Å². The van der Waals surface area contributed by atoms with Crippen LogP contribution in [0.5, 0.6) is 0 Å². The first-order chi connectivity index (χ1) is 22.5. The van der Waals surface area contributed by atoms with Gasteiger partial charge in [0.15, 0.2) is 0 Å². The fraction of sp³-hybridized carbons (Fsp3) is 0.278. The minimum atomic E-state index is -4.19. The standard InChI is InChI=1S/C36H36BrCl2N3O4S/c1-25-11-18-31(19-12-25)47(45,46)42(30-16-14-28(37)15-17-30)24-35(43)41(23-27-13-20-32(38)33(39)21-27)34(22-26-7-3-2-4-8-26)36(44)40-29-9-5-6-10-29/h2-4,7-8,11-21,29,34H,5-6,9-10,22-24H2,1H3,(H,40,44)/t34-/m1/s1. The Morgan fingerprint density at radius 3 is 2.17 bits per heavy atom. The lowest BCUT2D eigenvalue weighted by Gasteiger charge is -2.34. The smallest absolute Gasteiger partial charge is 0.264 e. The summed E-state index contributed by atoms with van der Waals surface area (Å²) in [7, 11) is -4.19. The van der Waals surface area contributed by atoms with E-state index in [-0.39, 0.29) is 29.8 Å². The van der Waals surface area contributed by atoms with Gasteiger partial charge >= 0.3 is 0 Å². The van der Waals surface area contributed by atoms with Crippen LogP contribution in [0.15, 0.2) is 106 Å². The van der Waals surface area contributed by atoms with Crippen molar-refractivity contribution in [2.24, 2.45) is 0 Å². The maximum Gasteiger partial charge on any atom is 0.264 e.